The minimum absolute atomic E-state index is 0.0165. The van der Waals surface area contributed by atoms with E-state index in [2.05, 4.69) is 29.2 Å². The number of nitrogens with zero attached hydrogens (tertiary/aromatic N) is 1. The summed E-state index contributed by atoms with van der Waals surface area (Å²) in [7, 11) is 0. The topological polar surface area (TPSA) is 52.9 Å². The Kier molecular flexibility index (Phi) is 5.79. The number of benzene rings is 3. The first-order valence-corrected chi connectivity index (χ1v) is 11.8. The highest BCUT2D eigenvalue weighted by molar-refractivity contribution is 7.99. The molecule has 0 bridgehead atoms. The Balaban J connectivity index is 1.43. The molecule has 2 aliphatic heterocycles. The minimum atomic E-state index is -0.157. The number of thioether (sulfide) groups is 1. The second-order valence-corrected chi connectivity index (χ2v) is 9.56. The molecule has 2 aliphatic rings. The molecular formula is C26H27NO3S. The summed E-state index contributed by atoms with van der Waals surface area (Å²) < 4.78 is 6.46. The van der Waals surface area contributed by atoms with E-state index in [1.54, 1.807) is 36.0 Å². The van der Waals surface area contributed by atoms with Crippen molar-refractivity contribution in [2.75, 3.05) is 13.1 Å². The van der Waals surface area contributed by atoms with Gasteiger partial charge in [0.15, 0.2) is 0 Å². The van der Waals surface area contributed by atoms with Gasteiger partial charge in [-0.05, 0) is 73.0 Å². The number of hydrogen-bond acceptors (Lipinski definition) is 5. The van der Waals surface area contributed by atoms with E-state index in [0.29, 0.717) is 0 Å². The van der Waals surface area contributed by atoms with Crippen molar-refractivity contribution >= 4 is 11.8 Å². The highest BCUT2D eigenvalue weighted by Crippen LogP contribution is 2.53. The number of ether oxygens (including phenoxy) is 1. The Morgan fingerprint density at radius 3 is 2.23 bits per heavy atom. The van der Waals surface area contributed by atoms with Crippen LogP contribution in [0.25, 0.3) is 0 Å². The zero-order valence-corrected chi connectivity index (χ0v) is 18.2. The summed E-state index contributed by atoms with van der Waals surface area (Å²) in [5.74, 6) is 1.28. The molecule has 4 nitrogen and oxygen atoms in total. The van der Waals surface area contributed by atoms with Crippen LogP contribution in [-0.2, 0) is 6.54 Å². The maximum absolute atomic E-state index is 9.92. The Morgan fingerprint density at radius 1 is 0.806 bits per heavy atom. The van der Waals surface area contributed by atoms with E-state index in [4.69, 9.17) is 4.74 Å². The van der Waals surface area contributed by atoms with Crippen LogP contribution in [0.2, 0.25) is 0 Å². The third-order valence-corrected chi connectivity index (χ3v) is 7.44. The molecule has 3 aromatic carbocycles. The van der Waals surface area contributed by atoms with Gasteiger partial charge < -0.3 is 14.9 Å². The number of aromatic hydroxyl groups is 2. The molecule has 5 heteroatoms. The zero-order valence-electron chi connectivity index (χ0n) is 17.4. The molecule has 31 heavy (non-hydrogen) atoms. The molecule has 3 aromatic rings. The zero-order chi connectivity index (χ0) is 21.2. The maximum atomic E-state index is 9.92. The lowest BCUT2D eigenvalue weighted by Gasteiger charge is -2.34. The van der Waals surface area contributed by atoms with Crippen LogP contribution in [-0.4, -0.2) is 28.2 Å². The van der Waals surface area contributed by atoms with Gasteiger partial charge in [0.2, 0.25) is 0 Å². The highest BCUT2D eigenvalue weighted by Gasteiger charge is 2.33. The molecule has 2 atom stereocenters. The first-order valence-electron chi connectivity index (χ1n) is 10.9. The number of fused-ring (bicyclic) bond motifs is 1. The molecule has 5 rings (SSSR count). The summed E-state index contributed by atoms with van der Waals surface area (Å²) in [6, 6.07) is 21.4. The van der Waals surface area contributed by atoms with E-state index in [9.17, 15) is 10.2 Å². The molecule has 0 aromatic heterocycles. The fourth-order valence-corrected chi connectivity index (χ4v) is 5.75. The van der Waals surface area contributed by atoms with Crippen LogP contribution in [0, 0.1) is 0 Å². The quantitative estimate of drug-likeness (QED) is 0.524. The number of piperidine rings is 1. The van der Waals surface area contributed by atoms with Gasteiger partial charge in [-0.1, -0.05) is 42.8 Å². The molecule has 0 saturated carbocycles. The van der Waals surface area contributed by atoms with Crippen LogP contribution in [0.3, 0.4) is 0 Å². The monoisotopic (exact) mass is 433 g/mol. The smallest absolute Gasteiger partial charge is 0.140 e. The lowest BCUT2D eigenvalue weighted by atomic mass is 9.98. The van der Waals surface area contributed by atoms with Gasteiger partial charge in [-0.15, -0.1) is 11.8 Å². The van der Waals surface area contributed by atoms with Crippen molar-refractivity contribution in [2.45, 2.75) is 42.1 Å². The van der Waals surface area contributed by atoms with Crippen LogP contribution in [0.1, 0.15) is 47.3 Å². The predicted octanol–water partition coefficient (Wildman–Crippen LogP) is 6.05. The maximum Gasteiger partial charge on any atom is 0.140 e. The highest BCUT2D eigenvalue weighted by atomic mass is 32.2. The summed E-state index contributed by atoms with van der Waals surface area (Å²) in [4.78, 5) is 3.46. The summed E-state index contributed by atoms with van der Waals surface area (Å²) >= 11 is 1.69. The number of likely N-dealkylation sites (tertiary alicyclic amines) is 1. The predicted molar refractivity (Wildman–Crippen MR) is 124 cm³/mol. The fourth-order valence-electron chi connectivity index (χ4n) is 4.42. The Labute approximate surface area is 187 Å². The van der Waals surface area contributed by atoms with Gasteiger partial charge in [0.05, 0.1) is 10.1 Å². The van der Waals surface area contributed by atoms with Gasteiger partial charge in [0.25, 0.3) is 0 Å². The molecule has 1 fully saturated rings. The van der Waals surface area contributed by atoms with Crippen molar-refractivity contribution in [3.05, 3.63) is 83.4 Å². The third kappa shape index (κ3) is 4.53. The number of rotatable bonds is 4. The Morgan fingerprint density at radius 2 is 1.48 bits per heavy atom. The third-order valence-electron chi connectivity index (χ3n) is 6.09. The Bertz CT molecular complexity index is 1030. The summed E-state index contributed by atoms with van der Waals surface area (Å²) in [6.07, 6.45) is 3.79. The van der Waals surface area contributed by atoms with E-state index in [1.807, 2.05) is 18.2 Å². The molecular weight excluding hydrogens is 406 g/mol. The van der Waals surface area contributed by atoms with E-state index in [0.717, 1.165) is 28.3 Å². The fraction of sp³-hybridized carbons (Fsp3) is 0.308. The van der Waals surface area contributed by atoms with Gasteiger partial charge in [0.1, 0.15) is 23.4 Å². The van der Waals surface area contributed by atoms with Crippen LogP contribution >= 0.6 is 11.8 Å². The first kappa shape index (κ1) is 20.3. The minimum Gasteiger partial charge on any atom is -0.508 e. The lowest BCUT2D eigenvalue weighted by molar-refractivity contribution is 0.190. The SMILES string of the molecule is Oc1ccc([C@H]2Sc3cc(O)ccc3O[C@H]2c2ccc(CN3CCCCC3)cc2)cc1. The van der Waals surface area contributed by atoms with Crippen LogP contribution in [0.5, 0.6) is 17.2 Å². The standard InChI is InChI=1S/C26H27NO3S/c28-21-10-8-20(9-11-21)26-25(30-23-13-12-22(29)16-24(23)31-26)19-6-4-18(5-7-19)17-27-14-2-1-3-15-27/h4-13,16,25-26,28-29H,1-3,14-15,17H2/t25-,26+/m0/s1. The van der Waals surface area contributed by atoms with Crippen molar-refractivity contribution in [1.29, 1.82) is 0 Å². The van der Waals surface area contributed by atoms with Gasteiger partial charge >= 0.3 is 0 Å². The molecule has 0 aliphatic carbocycles. The van der Waals surface area contributed by atoms with E-state index in [1.165, 1.54) is 37.9 Å². The Hall–Kier alpha value is -2.63. The molecule has 160 valence electrons. The largest absolute Gasteiger partial charge is 0.508 e. The molecule has 0 unspecified atom stereocenters. The second kappa shape index (κ2) is 8.85. The molecule has 0 radical (unpaired) electrons. The second-order valence-electron chi connectivity index (χ2n) is 8.38. The molecule has 1 saturated heterocycles. The van der Waals surface area contributed by atoms with Crippen molar-refractivity contribution in [3.8, 4) is 17.2 Å². The average molecular weight is 434 g/mol. The summed E-state index contributed by atoms with van der Waals surface area (Å²) in [5, 5.41) is 19.7. The average Bonchev–Trinajstić information content (AvgIpc) is 2.80. The van der Waals surface area contributed by atoms with E-state index in [-0.39, 0.29) is 22.9 Å². The van der Waals surface area contributed by atoms with Gasteiger partial charge in [-0.3, -0.25) is 4.90 Å². The van der Waals surface area contributed by atoms with Crippen molar-refractivity contribution < 1.29 is 14.9 Å². The van der Waals surface area contributed by atoms with Crippen LogP contribution < -0.4 is 4.74 Å². The number of phenols is 2. The molecule has 0 spiro atoms. The van der Waals surface area contributed by atoms with Gasteiger partial charge in [0, 0.05) is 6.54 Å². The van der Waals surface area contributed by atoms with E-state index >= 15 is 0 Å². The number of phenolic OH excluding ortho intramolecular Hbond substituents is 2. The van der Waals surface area contributed by atoms with E-state index < -0.39 is 0 Å². The molecule has 2 N–H and O–H groups in total. The van der Waals surface area contributed by atoms with Crippen molar-refractivity contribution in [2.24, 2.45) is 0 Å². The normalized spacial score (nSPS) is 21.3. The van der Waals surface area contributed by atoms with Gasteiger partial charge in [-0.2, -0.15) is 0 Å². The molecule has 2 heterocycles. The number of hydrogen-bond donors (Lipinski definition) is 2. The van der Waals surface area contributed by atoms with Crippen molar-refractivity contribution in [3.63, 3.8) is 0 Å². The first-order chi connectivity index (χ1) is 15.2. The summed E-state index contributed by atoms with van der Waals surface area (Å²) in [5.41, 5.74) is 3.55. The van der Waals surface area contributed by atoms with Gasteiger partial charge in [-0.25, -0.2) is 0 Å². The van der Waals surface area contributed by atoms with Crippen molar-refractivity contribution in [1.82, 2.24) is 4.90 Å². The summed E-state index contributed by atoms with van der Waals surface area (Å²) in [6.45, 7) is 3.39. The van der Waals surface area contributed by atoms with Crippen LogP contribution in [0.15, 0.2) is 71.6 Å². The van der Waals surface area contributed by atoms with Crippen LogP contribution in [0.4, 0.5) is 0 Å². The lowest BCUT2D eigenvalue weighted by Crippen LogP contribution is -2.29. The molecule has 0 amide bonds.